The summed E-state index contributed by atoms with van der Waals surface area (Å²) >= 11 is 0. The normalized spacial score (nSPS) is 11.7. The molecule has 0 aliphatic carbocycles. The van der Waals surface area contributed by atoms with Crippen molar-refractivity contribution in [1.29, 1.82) is 0 Å². The molecule has 5 rings (SSSR count). The quantitative estimate of drug-likeness (QED) is 0.288. The maximum atomic E-state index is 15.0. The Labute approximate surface area is 132 Å². The van der Waals surface area contributed by atoms with Gasteiger partial charge in [0, 0.05) is 10.8 Å². The molecule has 0 amide bonds. The number of hydrogen-bond acceptors (Lipinski definition) is 0. The van der Waals surface area contributed by atoms with Gasteiger partial charge in [-0.25, -0.2) is 4.39 Å². The van der Waals surface area contributed by atoms with Gasteiger partial charge in [0.2, 0.25) is 0 Å². The molecule has 0 spiro atoms. The first-order chi connectivity index (χ1) is 11.3. The van der Waals surface area contributed by atoms with Gasteiger partial charge in [0.15, 0.2) is 0 Å². The first-order valence-corrected chi connectivity index (χ1v) is 7.75. The lowest BCUT2D eigenvalue weighted by Crippen LogP contribution is -1.88. The molecule has 23 heavy (non-hydrogen) atoms. The smallest absolute Gasteiger partial charge is 0.132 e. The standard InChI is InChI=1S/C22H13F/c23-20-13-14-7-1-2-8-15(14)21-18-11-5-3-9-16(18)17-10-4-6-12-19(17)22(20)21/h1-13H. The van der Waals surface area contributed by atoms with Crippen LogP contribution in [0.5, 0.6) is 0 Å². The summed E-state index contributed by atoms with van der Waals surface area (Å²) in [4.78, 5) is 0. The third-order valence-corrected chi connectivity index (χ3v) is 4.68. The van der Waals surface area contributed by atoms with Gasteiger partial charge in [-0.05, 0) is 38.4 Å². The molecule has 0 nitrogen and oxygen atoms in total. The van der Waals surface area contributed by atoms with E-state index in [9.17, 15) is 4.39 Å². The van der Waals surface area contributed by atoms with Crippen LogP contribution in [-0.2, 0) is 0 Å². The molecule has 0 saturated carbocycles. The summed E-state index contributed by atoms with van der Waals surface area (Å²) in [7, 11) is 0. The summed E-state index contributed by atoms with van der Waals surface area (Å²) in [5, 5.41) is 8.13. The van der Waals surface area contributed by atoms with Crippen LogP contribution in [0, 0.1) is 5.82 Å². The van der Waals surface area contributed by atoms with Crippen molar-refractivity contribution in [2.75, 3.05) is 0 Å². The number of benzene rings is 5. The van der Waals surface area contributed by atoms with Crippen molar-refractivity contribution in [3.05, 3.63) is 84.7 Å². The third-order valence-electron chi connectivity index (χ3n) is 4.68. The molecule has 5 aromatic rings. The molecule has 0 radical (unpaired) electrons. The Balaban J connectivity index is 2.27. The minimum Gasteiger partial charge on any atom is -0.206 e. The molecule has 0 unspecified atom stereocenters. The van der Waals surface area contributed by atoms with E-state index in [1.54, 1.807) is 6.07 Å². The highest BCUT2D eigenvalue weighted by Crippen LogP contribution is 2.39. The van der Waals surface area contributed by atoms with Crippen molar-refractivity contribution in [3.8, 4) is 0 Å². The van der Waals surface area contributed by atoms with Crippen LogP contribution in [0.2, 0.25) is 0 Å². The summed E-state index contributed by atoms with van der Waals surface area (Å²) in [6.07, 6.45) is 0. The SMILES string of the molecule is Fc1cc2ccccc2c2c3ccccc3c3ccccc3c12. The lowest BCUT2D eigenvalue weighted by Gasteiger charge is -2.13. The summed E-state index contributed by atoms with van der Waals surface area (Å²) in [6.45, 7) is 0. The highest BCUT2D eigenvalue weighted by Gasteiger charge is 2.14. The highest BCUT2D eigenvalue weighted by molar-refractivity contribution is 6.31. The van der Waals surface area contributed by atoms with E-state index in [0.29, 0.717) is 0 Å². The molecule has 0 aliphatic rings. The van der Waals surface area contributed by atoms with Gasteiger partial charge in [0.25, 0.3) is 0 Å². The second-order valence-electron chi connectivity index (χ2n) is 5.92. The van der Waals surface area contributed by atoms with Crippen molar-refractivity contribution in [2.24, 2.45) is 0 Å². The van der Waals surface area contributed by atoms with Crippen LogP contribution in [0.3, 0.4) is 0 Å². The van der Waals surface area contributed by atoms with E-state index in [1.165, 1.54) is 5.39 Å². The Morgan fingerprint density at radius 2 is 0.957 bits per heavy atom. The highest BCUT2D eigenvalue weighted by atomic mass is 19.1. The minimum atomic E-state index is -0.152. The summed E-state index contributed by atoms with van der Waals surface area (Å²) in [5.41, 5.74) is 0. The average molecular weight is 296 g/mol. The Morgan fingerprint density at radius 3 is 1.61 bits per heavy atom. The number of fused-ring (bicyclic) bond motifs is 8. The van der Waals surface area contributed by atoms with E-state index < -0.39 is 0 Å². The number of hydrogen-bond donors (Lipinski definition) is 0. The van der Waals surface area contributed by atoms with E-state index in [4.69, 9.17) is 0 Å². The van der Waals surface area contributed by atoms with Gasteiger partial charge < -0.3 is 0 Å². The van der Waals surface area contributed by atoms with Gasteiger partial charge in [-0.3, -0.25) is 0 Å². The fraction of sp³-hybridized carbons (Fsp3) is 0. The van der Waals surface area contributed by atoms with Crippen molar-refractivity contribution in [2.45, 2.75) is 0 Å². The van der Waals surface area contributed by atoms with Gasteiger partial charge in [-0.15, -0.1) is 0 Å². The molecular weight excluding hydrogens is 283 g/mol. The second kappa shape index (κ2) is 4.53. The molecule has 108 valence electrons. The molecule has 0 bridgehead atoms. The van der Waals surface area contributed by atoms with Crippen LogP contribution in [0.15, 0.2) is 78.9 Å². The predicted octanol–water partition coefficient (Wildman–Crippen LogP) is 6.44. The Kier molecular flexibility index (Phi) is 2.48. The lowest BCUT2D eigenvalue weighted by atomic mass is 9.91. The molecule has 0 aromatic heterocycles. The summed E-state index contributed by atoms with van der Waals surface area (Å²) in [6, 6.07) is 26.0. The fourth-order valence-corrected chi connectivity index (χ4v) is 3.73. The molecule has 0 fully saturated rings. The van der Waals surface area contributed by atoms with Crippen LogP contribution in [0.1, 0.15) is 0 Å². The zero-order valence-corrected chi connectivity index (χ0v) is 12.4. The maximum absolute atomic E-state index is 15.0. The number of halogens is 1. The molecule has 0 N–H and O–H groups in total. The summed E-state index contributed by atoms with van der Waals surface area (Å²) < 4.78 is 15.0. The van der Waals surface area contributed by atoms with Crippen LogP contribution in [0.25, 0.3) is 43.1 Å². The van der Waals surface area contributed by atoms with Gasteiger partial charge in [0.05, 0.1) is 0 Å². The zero-order chi connectivity index (χ0) is 15.4. The molecule has 1 heteroatoms. The van der Waals surface area contributed by atoms with Gasteiger partial charge >= 0.3 is 0 Å². The lowest BCUT2D eigenvalue weighted by molar-refractivity contribution is 0.642. The molecule has 0 saturated heterocycles. The molecule has 0 heterocycles. The number of rotatable bonds is 0. The predicted molar refractivity (Wildman–Crippen MR) is 96.4 cm³/mol. The maximum Gasteiger partial charge on any atom is 0.132 e. The first kappa shape index (κ1) is 12.6. The van der Waals surface area contributed by atoms with E-state index in [0.717, 1.165) is 37.7 Å². The summed E-state index contributed by atoms with van der Waals surface area (Å²) in [5.74, 6) is -0.152. The zero-order valence-electron chi connectivity index (χ0n) is 12.4. The second-order valence-corrected chi connectivity index (χ2v) is 5.92. The molecular formula is C22H13F. The van der Waals surface area contributed by atoms with Crippen molar-refractivity contribution < 1.29 is 4.39 Å². The average Bonchev–Trinajstić information content (AvgIpc) is 2.61. The molecule has 5 aromatic carbocycles. The van der Waals surface area contributed by atoms with E-state index in [2.05, 4.69) is 24.3 Å². The minimum absolute atomic E-state index is 0.152. The van der Waals surface area contributed by atoms with Crippen molar-refractivity contribution in [1.82, 2.24) is 0 Å². The van der Waals surface area contributed by atoms with Gasteiger partial charge in [0.1, 0.15) is 5.82 Å². The Bertz CT molecular complexity index is 1220. The first-order valence-electron chi connectivity index (χ1n) is 7.75. The van der Waals surface area contributed by atoms with Crippen LogP contribution in [-0.4, -0.2) is 0 Å². The van der Waals surface area contributed by atoms with E-state index >= 15 is 0 Å². The van der Waals surface area contributed by atoms with E-state index in [-0.39, 0.29) is 5.82 Å². The van der Waals surface area contributed by atoms with Gasteiger partial charge in [-0.2, -0.15) is 0 Å². The largest absolute Gasteiger partial charge is 0.206 e. The fourth-order valence-electron chi connectivity index (χ4n) is 3.73. The van der Waals surface area contributed by atoms with Crippen molar-refractivity contribution >= 4 is 43.1 Å². The van der Waals surface area contributed by atoms with Crippen LogP contribution >= 0.6 is 0 Å². The Hall–Kier alpha value is -2.93. The van der Waals surface area contributed by atoms with E-state index in [1.807, 2.05) is 48.5 Å². The molecule has 0 aliphatic heterocycles. The monoisotopic (exact) mass is 296 g/mol. The topological polar surface area (TPSA) is 0 Å². The van der Waals surface area contributed by atoms with Crippen LogP contribution < -0.4 is 0 Å². The van der Waals surface area contributed by atoms with Gasteiger partial charge in [-0.1, -0.05) is 72.8 Å². The Morgan fingerprint density at radius 1 is 0.478 bits per heavy atom. The van der Waals surface area contributed by atoms with Crippen molar-refractivity contribution in [3.63, 3.8) is 0 Å². The van der Waals surface area contributed by atoms with Crippen LogP contribution in [0.4, 0.5) is 4.39 Å². The molecule has 0 atom stereocenters. The third kappa shape index (κ3) is 1.65.